The van der Waals surface area contributed by atoms with Gasteiger partial charge >= 0.3 is 0 Å². The van der Waals surface area contributed by atoms with Crippen LogP contribution in [0.5, 0.6) is 5.75 Å². The monoisotopic (exact) mass is 304 g/mol. The zero-order valence-electron chi connectivity index (χ0n) is 14.0. The van der Waals surface area contributed by atoms with Gasteiger partial charge in [-0.15, -0.1) is 0 Å². The number of methoxy groups -OCH3 is 1. The minimum Gasteiger partial charge on any atom is -0.497 e. The van der Waals surface area contributed by atoms with E-state index in [-0.39, 0.29) is 0 Å². The summed E-state index contributed by atoms with van der Waals surface area (Å²) in [6.45, 7) is 10.1. The van der Waals surface area contributed by atoms with Crippen LogP contribution in [-0.4, -0.2) is 57.2 Å². The van der Waals surface area contributed by atoms with Crippen LogP contribution in [0.15, 0.2) is 29.3 Å². The van der Waals surface area contributed by atoms with Crippen LogP contribution in [0.3, 0.4) is 0 Å². The predicted molar refractivity (Wildman–Crippen MR) is 93.0 cm³/mol. The molecule has 5 heteroatoms. The number of rotatable bonds is 5. The van der Waals surface area contributed by atoms with Crippen LogP contribution in [0.2, 0.25) is 0 Å². The minimum absolute atomic E-state index is 0.890. The fourth-order valence-electron chi connectivity index (χ4n) is 2.61. The summed E-state index contributed by atoms with van der Waals surface area (Å²) in [6.07, 6.45) is 1.08. The first-order valence-corrected chi connectivity index (χ1v) is 8.20. The molecule has 1 aromatic carbocycles. The van der Waals surface area contributed by atoms with Gasteiger partial charge in [-0.25, -0.2) is 0 Å². The zero-order chi connectivity index (χ0) is 15.8. The number of anilines is 1. The molecule has 1 aliphatic heterocycles. The normalized spacial score (nSPS) is 15.9. The highest BCUT2D eigenvalue weighted by atomic mass is 16.5. The molecule has 0 bridgehead atoms. The van der Waals surface area contributed by atoms with E-state index in [9.17, 15) is 0 Å². The number of ether oxygens (including phenoxy) is 1. The Morgan fingerprint density at radius 1 is 1.14 bits per heavy atom. The van der Waals surface area contributed by atoms with E-state index < -0.39 is 0 Å². The highest BCUT2D eigenvalue weighted by molar-refractivity contribution is 5.80. The maximum Gasteiger partial charge on any atom is 0.194 e. The first kappa shape index (κ1) is 16.5. The molecule has 0 aromatic heterocycles. The summed E-state index contributed by atoms with van der Waals surface area (Å²) in [7, 11) is 1.70. The lowest BCUT2D eigenvalue weighted by Crippen LogP contribution is -2.52. The van der Waals surface area contributed by atoms with Gasteiger partial charge in [0.15, 0.2) is 5.96 Å². The Balaban J connectivity index is 1.93. The number of nitrogens with zero attached hydrogens (tertiary/aromatic N) is 3. The molecule has 0 spiro atoms. The van der Waals surface area contributed by atoms with E-state index in [1.807, 2.05) is 12.1 Å². The van der Waals surface area contributed by atoms with Crippen molar-refractivity contribution in [3.63, 3.8) is 0 Å². The van der Waals surface area contributed by atoms with Gasteiger partial charge in [-0.1, -0.05) is 6.92 Å². The standard InChI is InChI=1S/C17H28N4O/c1-4-10-19-17(18-5-2)21-13-11-20(12-14-21)15-6-8-16(22-3)9-7-15/h6-9H,4-5,10-14H2,1-3H3,(H,18,19). The summed E-state index contributed by atoms with van der Waals surface area (Å²) in [6, 6.07) is 8.30. The van der Waals surface area contributed by atoms with Crippen LogP contribution in [0.25, 0.3) is 0 Å². The lowest BCUT2D eigenvalue weighted by molar-refractivity contribution is 0.372. The molecule has 0 atom stereocenters. The minimum atomic E-state index is 0.890. The van der Waals surface area contributed by atoms with Gasteiger partial charge in [0.25, 0.3) is 0 Å². The summed E-state index contributed by atoms with van der Waals surface area (Å²) < 4.78 is 5.22. The molecular formula is C17H28N4O. The van der Waals surface area contributed by atoms with Crippen molar-refractivity contribution in [3.05, 3.63) is 24.3 Å². The highest BCUT2D eigenvalue weighted by Crippen LogP contribution is 2.20. The third-order valence-electron chi connectivity index (χ3n) is 3.84. The van der Waals surface area contributed by atoms with Gasteiger partial charge in [0.1, 0.15) is 5.75 Å². The number of hydrogen-bond acceptors (Lipinski definition) is 3. The molecule has 1 N–H and O–H groups in total. The average molecular weight is 304 g/mol. The maximum atomic E-state index is 5.22. The summed E-state index contributed by atoms with van der Waals surface area (Å²) in [5.74, 6) is 1.96. The third kappa shape index (κ3) is 4.29. The molecule has 0 aliphatic carbocycles. The van der Waals surface area contributed by atoms with Crippen molar-refractivity contribution in [3.8, 4) is 5.75 Å². The summed E-state index contributed by atoms with van der Waals surface area (Å²) in [5, 5.41) is 3.40. The number of nitrogens with one attached hydrogen (secondary N) is 1. The Morgan fingerprint density at radius 2 is 1.82 bits per heavy atom. The van der Waals surface area contributed by atoms with Gasteiger partial charge in [-0.3, -0.25) is 4.99 Å². The Hall–Kier alpha value is -1.91. The lowest BCUT2D eigenvalue weighted by Gasteiger charge is -2.37. The Bertz CT molecular complexity index is 464. The highest BCUT2D eigenvalue weighted by Gasteiger charge is 2.19. The van der Waals surface area contributed by atoms with E-state index >= 15 is 0 Å². The van der Waals surface area contributed by atoms with E-state index in [4.69, 9.17) is 4.74 Å². The van der Waals surface area contributed by atoms with Crippen LogP contribution < -0.4 is 15.0 Å². The molecule has 1 heterocycles. The first-order chi connectivity index (χ1) is 10.8. The topological polar surface area (TPSA) is 40.1 Å². The summed E-state index contributed by atoms with van der Waals surface area (Å²) in [5.41, 5.74) is 1.26. The second kappa shape index (κ2) is 8.51. The van der Waals surface area contributed by atoms with Gasteiger partial charge in [0.2, 0.25) is 0 Å². The molecule has 5 nitrogen and oxygen atoms in total. The predicted octanol–water partition coefficient (Wildman–Crippen LogP) is 2.19. The van der Waals surface area contributed by atoms with E-state index in [0.29, 0.717) is 0 Å². The molecule has 22 heavy (non-hydrogen) atoms. The zero-order valence-corrected chi connectivity index (χ0v) is 14.0. The molecule has 1 saturated heterocycles. The molecular weight excluding hydrogens is 276 g/mol. The van der Waals surface area contributed by atoms with Gasteiger partial charge in [-0.05, 0) is 37.6 Å². The van der Waals surface area contributed by atoms with Crippen molar-refractivity contribution in [2.75, 3.05) is 51.3 Å². The van der Waals surface area contributed by atoms with Crippen molar-refractivity contribution in [2.45, 2.75) is 20.3 Å². The molecule has 1 aromatic rings. The second-order valence-electron chi connectivity index (χ2n) is 5.41. The molecule has 0 unspecified atom stereocenters. The van der Waals surface area contributed by atoms with Crippen LogP contribution in [0.1, 0.15) is 20.3 Å². The fourth-order valence-corrected chi connectivity index (χ4v) is 2.61. The van der Waals surface area contributed by atoms with Crippen molar-refractivity contribution in [1.29, 1.82) is 0 Å². The summed E-state index contributed by atoms with van der Waals surface area (Å²) in [4.78, 5) is 9.45. The number of aliphatic imine (C=N–C) groups is 1. The molecule has 2 rings (SSSR count). The van der Waals surface area contributed by atoms with Crippen LogP contribution in [0, 0.1) is 0 Å². The van der Waals surface area contributed by atoms with E-state index in [0.717, 1.165) is 57.4 Å². The van der Waals surface area contributed by atoms with Gasteiger partial charge in [-0.2, -0.15) is 0 Å². The third-order valence-corrected chi connectivity index (χ3v) is 3.84. The SMILES string of the molecule is CCCN=C(NCC)N1CCN(c2ccc(OC)cc2)CC1. The van der Waals surface area contributed by atoms with Gasteiger partial charge in [0, 0.05) is 45.0 Å². The van der Waals surface area contributed by atoms with Crippen LogP contribution in [0.4, 0.5) is 5.69 Å². The van der Waals surface area contributed by atoms with Crippen molar-refractivity contribution >= 4 is 11.6 Å². The Kier molecular flexibility index (Phi) is 6.37. The Labute approximate surface area is 134 Å². The molecule has 122 valence electrons. The van der Waals surface area contributed by atoms with E-state index in [1.54, 1.807) is 7.11 Å². The van der Waals surface area contributed by atoms with E-state index in [2.05, 4.69) is 46.1 Å². The van der Waals surface area contributed by atoms with Gasteiger partial charge in [0.05, 0.1) is 7.11 Å². The smallest absolute Gasteiger partial charge is 0.194 e. The molecule has 0 saturated carbocycles. The van der Waals surface area contributed by atoms with Crippen LogP contribution in [-0.2, 0) is 0 Å². The van der Waals surface area contributed by atoms with Crippen molar-refractivity contribution in [2.24, 2.45) is 4.99 Å². The van der Waals surface area contributed by atoms with E-state index in [1.165, 1.54) is 5.69 Å². The second-order valence-corrected chi connectivity index (χ2v) is 5.41. The van der Waals surface area contributed by atoms with Crippen molar-refractivity contribution < 1.29 is 4.74 Å². The largest absolute Gasteiger partial charge is 0.497 e. The maximum absolute atomic E-state index is 5.22. The number of guanidine groups is 1. The lowest BCUT2D eigenvalue weighted by atomic mass is 10.2. The first-order valence-electron chi connectivity index (χ1n) is 8.20. The molecule has 0 radical (unpaired) electrons. The molecule has 1 aliphatic rings. The fraction of sp³-hybridized carbons (Fsp3) is 0.588. The van der Waals surface area contributed by atoms with Crippen LogP contribution >= 0.6 is 0 Å². The quantitative estimate of drug-likeness (QED) is 0.669. The average Bonchev–Trinajstić information content (AvgIpc) is 2.59. The van der Waals surface area contributed by atoms with Gasteiger partial charge < -0.3 is 19.9 Å². The van der Waals surface area contributed by atoms with Crippen molar-refractivity contribution in [1.82, 2.24) is 10.2 Å². The Morgan fingerprint density at radius 3 is 2.36 bits per heavy atom. The molecule has 0 amide bonds. The summed E-state index contributed by atoms with van der Waals surface area (Å²) >= 11 is 0. The number of benzene rings is 1. The molecule has 1 fully saturated rings. The number of hydrogen-bond donors (Lipinski definition) is 1. The number of piperazine rings is 1.